The third-order valence-electron chi connectivity index (χ3n) is 3.55. The van der Waals surface area contributed by atoms with Gasteiger partial charge < -0.3 is 10.6 Å². The molecule has 0 atom stereocenters. The van der Waals surface area contributed by atoms with Crippen molar-refractivity contribution in [2.45, 2.75) is 47.1 Å². The molecule has 1 rings (SSSR count). The van der Waals surface area contributed by atoms with E-state index in [-0.39, 0.29) is 0 Å². The Morgan fingerprint density at radius 3 is 2.05 bits per heavy atom. The van der Waals surface area contributed by atoms with E-state index in [0.717, 1.165) is 23.7 Å². The van der Waals surface area contributed by atoms with Crippen LogP contribution in [0.5, 0.6) is 0 Å². The first kappa shape index (κ1) is 17.3. The number of nitrogens with two attached hydrogens (primary N) is 1. The number of hydrogen-bond acceptors (Lipinski definition) is 2. The SMILES string of the molecule is CC(C)CCN(CCC(C)C)c1ccc(Cl)cc1CN. The van der Waals surface area contributed by atoms with E-state index in [9.17, 15) is 0 Å². The van der Waals surface area contributed by atoms with E-state index in [2.05, 4.69) is 38.7 Å². The van der Waals surface area contributed by atoms with Gasteiger partial charge in [-0.2, -0.15) is 0 Å². The van der Waals surface area contributed by atoms with E-state index in [1.54, 1.807) is 0 Å². The zero-order valence-electron chi connectivity index (χ0n) is 13.3. The fourth-order valence-electron chi connectivity index (χ4n) is 2.21. The molecule has 0 aliphatic heterocycles. The minimum absolute atomic E-state index is 0.537. The lowest BCUT2D eigenvalue weighted by Gasteiger charge is -2.28. The third kappa shape index (κ3) is 5.72. The maximum atomic E-state index is 6.08. The molecule has 0 aromatic heterocycles. The number of benzene rings is 1. The number of nitrogens with zero attached hydrogens (tertiary/aromatic N) is 1. The molecule has 0 unspecified atom stereocenters. The standard InChI is InChI=1S/C17H29ClN2/c1-13(2)7-9-20(10-8-14(3)4)17-6-5-16(18)11-15(17)12-19/h5-6,11,13-14H,7-10,12,19H2,1-4H3. The lowest BCUT2D eigenvalue weighted by atomic mass is 10.1. The molecular weight excluding hydrogens is 268 g/mol. The summed E-state index contributed by atoms with van der Waals surface area (Å²) in [6, 6.07) is 6.08. The van der Waals surface area contributed by atoms with Crippen molar-refractivity contribution in [2.75, 3.05) is 18.0 Å². The molecule has 20 heavy (non-hydrogen) atoms. The van der Waals surface area contributed by atoms with E-state index in [4.69, 9.17) is 17.3 Å². The predicted molar refractivity (Wildman–Crippen MR) is 90.5 cm³/mol. The maximum absolute atomic E-state index is 6.08. The van der Waals surface area contributed by atoms with Crippen LogP contribution in [0.15, 0.2) is 18.2 Å². The summed E-state index contributed by atoms with van der Waals surface area (Å²) in [5, 5.41) is 0.766. The monoisotopic (exact) mass is 296 g/mol. The zero-order chi connectivity index (χ0) is 15.1. The average Bonchev–Trinajstić information content (AvgIpc) is 2.38. The number of halogens is 1. The molecule has 1 aromatic carbocycles. The summed E-state index contributed by atoms with van der Waals surface area (Å²) in [6.45, 7) is 11.8. The molecule has 114 valence electrons. The van der Waals surface area contributed by atoms with Crippen molar-refractivity contribution in [2.24, 2.45) is 17.6 Å². The highest BCUT2D eigenvalue weighted by atomic mass is 35.5. The van der Waals surface area contributed by atoms with Gasteiger partial charge in [-0.05, 0) is 48.4 Å². The second-order valence-corrected chi connectivity index (χ2v) is 6.77. The lowest BCUT2D eigenvalue weighted by Crippen LogP contribution is -2.28. The van der Waals surface area contributed by atoms with Crippen LogP contribution in [0.4, 0.5) is 5.69 Å². The fourth-order valence-corrected chi connectivity index (χ4v) is 2.40. The van der Waals surface area contributed by atoms with E-state index >= 15 is 0 Å². The van der Waals surface area contributed by atoms with Gasteiger partial charge in [0.25, 0.3) is 0 Å². The quantitative estimate of drug-likeness (QED) is 0.753. The summed E-state index contributed by atoms with van der Waals surface area (Å²) in [4.78, 5) is 2.47. The molecule has 2 N–H and O–H groups in total. The summed E-state index contributed by atoms with van der Waals surface area (Å²) in [5.41, 5.74) is 8.28. The molecule has 0 radical (unpaired) electrons. The van der Waals surface area contributed by atoms with Gasteiger partial charge >= 0.3 is 0 Å². The Kier molecular flexibility index (Phi) is 7.39. The van der Waals surface area contributed by atoms with E-state index in [1.807, 2.05) is 12.1 Å². The van der Waals surface area contributed by atoms with Crippen LogP contribution >= 0.6 is 11.6 Å². The minimum atomic E-state index is 0.537. The van der Waals surface area contributed by atoms with Crippen LogP contribution in [-0.2, 0) is 6.54 Å². The Labute approximate surface area is 129 Å². The van der Waals surface area contributed by atoms with Gasteiger partial charge in [-0.25, -0.2) is 0 Å². The summed E-state index contributed by atoms with van der Waals surface area (Å²) in [7, 11) is 0. The van der Waals surface area contributed by atoms with E-state index < -0.39 is 0 Å². The summed E-state index contributed by atoms with van der Waals surface area (Å²) in [6.07, 6.45) is 2.40. The van der Waals surface area contributed by atoms with Crippen LogP contribution in [0.25, 0.3) is 0 Å². The predicted octanol–water partition coefficient (Wildman–Crippen LogP) is 4.70. The molecule has 0 fully saturated rings. The molecule has 0 aliphatic rings. The Hall–Kier alpha value is -0.730. The minimum Gasteiger partial charge on any atom is -0.371 e. The first-order valence-electron chi connectivity index (χ1n) is 7.67. The normalized spacial score (nSPS) is 11.4. The van der Waals surface area contributed by atoms with E-state index in [0.29, 0.717) is 18.4 Å². The second-order valence-electron chi connectivity index (χ2n) is 6.33. The smallest absolute Gasteiger partial charge is 0.0412 e. The fraction of sp³-hybridized carbons (Fsp3) is 0.647. The van der Waals surface area contributed by atoms with Crippen LogP contribution in [-0.4, -0.2) is 13.1 Å². The van der Waals surface area contributed by atoms with Gasteiger partial charge in [0.05, 0.1) is 0 Å². The van der Waals surface area contributed by atoms with Gasteiger partial charge in [-0.1, -0.05) is 39.3 Å². The summed E-state index contributed by atoms with van der Waals surface area (Å²) in [5.74, 6) is 1.43. The first-order chi connectivity index (χ1) is 9.43. The van der Waals surface area contributed by atoms with Gasteiger partial charge in [0, 0.05) is 30.3 Å². The summed E-state index contributed by atoms with van der Waals surface area (Å²) >= 11 is 6.08. The Balaban J connectivity index is 2.89. The molecular formula is C17H29ClN2. The Morgan fingerprint density at radius 2 is 1.60 bits per heavy atom. The molecule has 0 saturated heterocycles. The average molecular weight is 297 g/mol. The zero-order valence-corrected chi connectivity index (χ0v) is 14.1. The summed E-state index contributed by atoms with van der Waals surface area (Å²) < 4.78 is 0. The molecule has 0 amide bonds. The van der Waals surface area contributed by atoms with Crippen molar-refractivity contribution in [3.05, 3.63) is 28.8 Å². The van der Waals surface area contributed by atoms with Crippen LogP contribution < -0.4 is 10.6 Å². The topological polar surface area (TPSA) is 29.3 Å². The van der Waals surface area contributed by atoms with Crippen molar-refractivity contribution in [1.82, 2.24) is 0 Å². The number of hydrogen-bond donors (Lipinski definition) is 1. The Bertz CT molecular complexity index is 390. The first-order valence-corrected chi connectivity index (χ1v) is 8.05. The molecule has 0 heterocycles. The van der Waals surface area contributed by atoms with Crippen LogP contribution in [0.2, 0.25) is 5.02 Å². The van der Waals surface area contributed by atoms with E-state index in [1.165, 1.54) is 18.5 Å². The molecule has 3 heteroatoms. The van der Waals surface area contributed by atoms with Crippen molar-refractivity contribution >= 4 is 17.3 Å². The van der Waals surface area contributed by atoms with Crippen LogP contribution in [0.3, 0.4) is 0 Å². The molecule has 0 saturated carbocycles. The number of rotatable bonds is 8. The highest BCUT2D eigenvalue weighted by molar-refractivity contribution is 6.30. The molecule has 2 nitrogen and oxygen atoms in total. The van der Waals surface area contributed by atoms with Crippen molar-refractivity contribution < 1.29 is 0 Å². The van der Waals surface area contributed by atoms with Gasteiger partial charge in [0.15, 0.2) is 0 Å². The highest BCUT2D eigenvalue weighted by Gasteiger charge is 2.12. The van der Waals surface area contributed by atoms with Crippen molar-refractivity contribution in [1.29, 1.82) is 0 Å². The van der Waals surface area contributed by atoms with Crippen molar-refractivity contribution in [3.63, 3.8) is 0 Å². The Morgan fingerprint density at radius 1 is 1.05 bits per heavy atom. The lowest BCUT2D eigenvalue weighted by molar-refractivity contribution is 0.534. The third-order valence-corrected chi connectivity index (χ3v) is 3.79. The molecule has 0 aliphatic carbocycles. The van der Waals surface area contributed by atoms with Crippen molar-refractivity contribution in [3.8, 4) is 0 Å². The second kappa shape index (κ2) is 8.53. The number of anilines is 1. The van der Waals surface area contributed by atoms with Crippen LogP contribution in [0.1, 0.15) is 46.1 Å². The van der Waals surface area contributed by atoms with Gasteiger partial charge in [0.1, 0.15) is 0 Å². The maximum Gasteiger partial charge on any atom is 0.0412 e. The highest BCUT2D eigenvalue weighted by Crippen LogP contribution is 2.25. The molecule has 0 spiro atoms. The molecule has 1 aromatic rings. The van der Waals surface area contributed by atoms with Gasteiger partial charge in [-0.15, -0.1) is 0 Å². The van der Waals surface area contributed by atoms with Crippen LogP contribution in [0, 0.1) is 11.8 Å². The van der Waals surface area contributed by atoms with Gasteiger partial charge in [-0.3, -0.25) is 0 Å². The van der Waals surface area contributed by atoms with Gasteiger partial charge in [0.2, 0.25) is 0 Å². The molecule has 0 bridgehead atoms. The largest absolute Gasteiger partial charge is 0.371 e.